The smallest absolute Gasteiger partial charge is 0.148 e. The van der Waals surface area contributed by atoms with E-state index in [2.05, 4.69) is 15.9 Å². The maximum absolute atomic E-state index is 13.1. The summed E-state index contributed by atoms with van der Waals surface area (Å²) in [5.41, 5.74) is 0.568. The van der Waals surface area contributed by atoms with Crippen molar-refractivity contribution >= 4 is 26.9 Å². The summed E-state index contributed by atoms with van der Waals surface area (Å²) in [5, 5.41) is 10.2. The minimum absolute atomic E-state index is 0.326. The molecule has 0 fully saturated rings. The number of hydrogen-bond donors (Lipinski definition) is 1. The molecule has 15 heavy (non-hydrogen) atoms. The van der Waals surface area contributed by atoms with Gasteiger partial charge in [-0.15, -0.1) is 0 Å². The van der Waals surface area contributed by atoms with E-state index in [1.807, 2.05) is 6.92 Å². The van der Waals surface area contributed by atoms with E-state index in [1.165, 1.54) is 12.1 Å². The molecule has 0 bridgehead atoms. The number of fused-ring (bicyclic) bond motifs is 1. The first-order valence-corrected chi connectivity index (χ1v) is 5.47. The van der Waals surface area contributed by atoms with E-state index in [0.717, 1.165) is 0 Å². The molecule has 0 aliphatic carbocycles. The zero-order chi connectivity index (χ0) is 11.0. The third-order valence-electron chi connectivity index (χ3n) is 2.27. The monoisotopic (exact) mass is 272 g/mol. The van der Waals surface area contributed by atoms with Crippen molar-refractivity contribution in [2.75, 3.05) is 0 Å². The second-order valence-electron chi connectivity index (χ2n) is 3.38. The maximum atomic E-state index is 13.1. The molecule has 1 unspecified atom stereocenters. The molecule has 0 spiro atoms. The number of halogens is 2. The first-order chi connectivity index (χ1) is 7.11. The standard InChI is InChI=1S/C11H10BrFO2/c1-2-9(14)10-4-6-3-7(13)5-8(12)11(6)15-10/h3-5,9,14H,2H2,1H3. The Bertz CT molecular complexity index is 493. The van der Waals surface area contributed by atoms with Crippen LogP contribution in [0.25, 0.3) is 11.0 Å². The van der Waals surface area contributed by atoms with E-state index in [0.29, 0.717) is 27.6 Å². The Hall–Kier alpha value is -0.870. The Kier molecular flexibility index (Phi) is 2.80. The van der Waals surface area contributed by atoms with E-state index in [9.17, 15) is 9.50 Å². The minimum Gasteiger partial charge on any atom is -0.457 e. The first-order valence-electron chi connectivity index (χ1n) is 4.68. The maximum Gasteiger partial charge on any atom is 0.148 e. The molecule has 80 valence electrons. The fourth-order valence-electron chi connectivity index (χ4n) is 1.46. The number of furan rings is 1. The molecule has 1 N–H and O–H groups in total. The summed E-state index contributed by atoms with van der Waals surface area (Å²) in [7, 11) is 0. The van der Waals surface area contributed by atoms with Gasteiger partial charge in [-0.2, -0.15) is 0 Å². The predicted molar refractivity (Wildman–Crippen MR) is 59.1 cm³/mol. The molecule has 1 atom stereocenters. The molecule has 2 rings (SSSR count). The van der Waals surface area contributed by atoms with E-state index >= 15 is 0 Å². The third-order valence-corrected chi connectivity index (χ3v) is 2.86. The van der Waals surface area contributed by atoms with Crippen molar-refractivity contribution in [1.82, 2.24) is 0 Å². The third kappa shape index (κ3) is 1.92. The summed E-state index contributed by atoms with van der Waals surface area (Å²) in [6.07, 6.45) is -0.0627. The van der Waals surface area contributed by atoms with Gasteiger partial charge in [0, 0.05) is 5.39 Å². The van der Waals surface area contributed by atoms with Gasteiger partial charge in [0.05, 0.1) is 4.47 Å². The van der Waals surface area contributed by atoms with Crippen LogP contribution in [0.5, 0.6) is 0 Å². The summed E-state index contributed by atoms with van der Waals surface area (Å²) >= 11 is 3.22. The van der Waals surface area contributed by atoms with Crippen LogP contribution in [-0.4, -0.2) is 5.11 Å². The minimum atomic E-state index is -0.632. The van der Waals surface area contributed by atoms with Gasteiger partial charge in [-0.3, -0.25) is 0 Å². The second-order valence-corrected chi connectivity index (χ2v) is 4.23. The number of aliphatic hydroxyl groups is 1. The second kappa shape index (κ2) is 3.94. The van der Waals surface area contributed by atoms with Gasteiger partial charge in [-0.25, -0.2) is 4.39 Å². The normalized spacial score (nSPS) is 13.3. The topological polar surface area (TPSA) is 33.4 Å². The molecular weight excluding hydrogens is 263 g/mol. The summed E-state index contributed by atoms with van der Waals surface area (Å²) in [6.45, 7) is 1.85. The van der Waals surface area contributed by atoms with Crippen LogP contribution in [0.4, 0.5) is 4.39 Å². The molecule has 0 saturated heterocycles. The number of rotatable bonds is 2. The molecule has 2 nitrogen and oxygen atoms in total. The molecular formula is C11H10BrFO2. The van der Waals surface area contributed by atoms with Crippen molar-refractivity contribution in [2.45, 2.75) is 19.4 Å². The van der Waals surface area contributed by atoms with Gasteiger partial charge in [0.25, 0.3) is 0 Å². The molecule has 0 saturated carbocycles. The van der Waals surface area contributed by atoms with Crippen LogP contribution >= 0.6 is 15.9 Å². The molecule has 1 aromatic carbocycles. The summed E-state index contributed by atoms with van der Waals surface area (Å²) in [4.78, 5) is 0. The van der Waals surface area contributed by atoms with Crippen LogP contribution in [0, 0.1) is 5.82 Å². The molecule has 0 aliphatic heterocycles. The van der Waals surface area contributed by atoms with Crippen molar-refractivity contribution < 1.29 is 13.9 Å². The van der Waals surface area contributed by atoms with Gasteiger partial charge in [-0.05, 0) is 40.5 Å². The SMILES string of the molecule is CCC(O)c1cc2cc(F)cc(Br)c2o1. The van der Waals surface area contributed by atoms with Crippen LogP contribution in [0.1, 0.15) is 25.2 Å². The first kappa shape index (κ1) is 10.6. The van der Waals surface area contributed by atoms with Crippen LogP contribution in [-0.2, 0) is 0 Å². The predicted octanol–water partition coefficient (Wildman–Crippen LogP) is 3.78. The molecule has 1 aromatic heterocycles. The summed E-state index contributed by atoms with van der Waals surface area (Å²) < 4.78 is 19.1. The van der Waals surface area contributed by atoms with Crippen LogP contribution in [0.3, 0.4) is 0 Å². The molecule has 1 heterocycles. The zero-order valence-corrected chi connectivity index (χ0v) is 9.71. The van der Waals surface area contributed by atoms with Crippen molar-refractivity contribution in [1.29, 1.82) is 0 Å². The summed E-state index contributed by atoms with van der Waals surface area (Å²) in [5.74, 6) is 0.145. The van der Waals surface area contributed by atoms with Crippen molar-refractivity contribution in [2.24, 2.45) is 0 Å². The van der Waals surface area contributed by atoms with E-state index in [1.54, 1.807) is 6.07 Å². The largest absolute Gasteiger partial charge is 0.457 e. The lowest BCUT2D eigenvalue weighted by Crippen LogP contribution is -1.90. The average Bonchev–Trinajstić information content (AvgIpc) is 2.60. The van der Waals surface area contributed by atoms with E-state index in [-0.39, 0.29) is 5.82 Å². The molecule has 2 aromatic rings. The van der Waals surface area contributed by atoms with E-state index in [4.69, 9.17) is 4.42 Å². The fraction of sp³-hybridized carbons (Fsp3) is 0.273. The molecule has 4 heteroatoms. The quantitative estimate of drug-likeness (QED) is 0.903. The highest BCUT2D eigenvalue weighted by Gasteiger charge is 2.13. The van der Waals surface area contributed by atoms with Crippen molar-refractivity contribution in [3.8, 4) is 0 Å². The van der Waals surface area contributed by atoms with Crippen molar-refractivity contribution in [3.63, 3.8) is 0 Å². The van der Waals surface area contributed by atoms with Gasteiger partial charge in [0.1, 0.15) is 23.3 Å². The zero-order valence-electron chi connectivity index (χ0n) is 8.13. The molecule has 0 radical (unpaired) electrons. The Balaban J connectivity index is 2.60. The molecule has 0 aliphatic rings. The van der Waals surface area contributed by atoms with Gasteiger partial charge < -0.3 is 9.52 Å². The Morgan fingerprint density at radius 1 is 1.47 bits per heavy atom. The lowest BCUT2D eigenvalue weighted by atomic mass is 10.2. The number of aliphatic hydroxyl groups excluding tert-OH is 1. The fourth-order valence-corrected chi connectivity index (χ4v) is 1.99. The van der Waals surface area contributed by atoms with Crippen LogP contribution in [0.15, 0.2) is 27.1 Å². The van der Waals surface area contributed by atoms with Gasteiger partial charge >= 0.3 is 0 Å². The summed E-state index contributed by atoms with van der Waals surface area (Å²) in [6, 6.07) is 4.39. The van der Waals surface area contributed by atoms with Crippen molar-refractivity contribution in [3.05, 3.63) is 34.2 Å². The van der Waals surface area contributed by atoms with Gasteiger partial charge in [-0.1, -0.05) is 6.92 Å². The number of hydrogen-bond acceptors (Lipinski definition) is 2. The van der Waals surface area contributed by atoms with Crippen LogP contribution in [0.2, 0.25) is 0 Å². The molecule has 0 amide bonds. The number of benzene rings is 1. The highest BCUT2D eigenvalue weighted by molar-refractivity contribution is 9.10. The lowest BCUT2D eigenvalue weighted by Gasteiger charge is -2.01. The Morgan fingerprint density at radius 3 is 2.87 bits per heavy atom. The average molecular weight is 273 g/mol. The van der Waals surface area contributed by atoms with E-state index < -0.39 is 6.10 Å². The van der Waals surface area contributed by atoms with Crippen LogP contribution < -0.4 is 0 Å². The lowest BCUT2D eigenvalue weighted by molar-refractivity contribution is 0.148. The Labute approximate surface area is 94.8 Å². The highest BCUT2D eigenvalue weighted by atomic mass is 79.9. The van der Waals surface area contributed by atoms with Gasteiger partial charge in [0.15, 0.2) is 0 Å². The highest BCUT2D eigenvalue weighted by Crippen LogP contribution is 2.31. The Morgan fingerprint density at radius 2 is 2.20 bits per heavy atom. The van der Waals surface area contributed by atoms with Gasteiger partial charge in [0.2, 0.25) is 0 Å².